The van der Waals surface area contributed by atoms with Crippen LogP contribution in [0.3, 0.4) is 0 Å². The predicted octanol–water partition coefficient (Wildman–Crippen LogP) is 5.39. The topological polar surface area (TPSA) is 109 Å². The van der Waals surface area contributed by atoms with Crippen LogP contribution >= 0.6 is 22.9 Å². The first-order valence-electron chi connectivity index (χ1n) is 9.38. The van der Waals surface area contributed by atoms with E-state index in [4.69, 9.17) is 21.8 Å². The lowest BCUT2D eigenvalue weighted by atomic mass is 10.1. The quantitative estimate of drug-likeness (QED) is 0.364. The van der Waals surface area contributed by atoms with E-state index in [9.17, 15) is 8.78 Å². The number of thiazole rings is 1. The molecule has 0 bridgehead atoms. The van der Waals surface area contributed by atoms with Crippen LogP contribution in [0.5, 0.6) is 0 Å². The maximum absolute atomic E-state index is 12.7. The normalized spacial score (nSPS) is 12.7. The molecule has 2 aromatic carbocycles. The van der Waals surface area contributed by atoms with E-state index in [1.807, 2.05) is 31.3 Å². The summed E-state index contributed by atoms with van der Waals surface area (Å²) in [4.78, 5) is 4.26. The van der Waals surface area contributed by atoms with Gasteiger partial charge in [0.05, 0.1) is 22.5 Å². The van der Waals surface area contributed by atoms with E-state index in [-0.39, 0.29) is 11.9 Å². The molecule has 0 aliphatic rings. The molecule has 3 aromatic heterocycles. The molecule has 5 rings (SSSR count). The van der Waals surface area contributed by atoms with Gasteiger partial charge in [-0.3, -0.25) is 0 Å². The third kappa shape index (κ3) is 3.69. The number of benzene rings is 2. The van der Waals surface area contributed by atoms with Crippen molar-refractivity contribution in [2.45, 2.75) is 19.4 Å². The number of halogens is 3. The molecule has 0 saturated carbocycles. The van der Waals surface area contributed by atoms with Crippen LogP contribution in [-0.2, 0) is 0 Å². The van der Waals surface area contributed by atoms with Crippen LogP contribution in [0.15, 0.2) is 47.0 Å². The molecule has 2 N–H and O–H groups in total. The van der Waals surface area contributed by atoms with Gasteiger partial charge >= 0.3 is 6.43 Å². The lowest BCUT2D eigenvalue weighted by Gasteiger charge is -2.14. The number of nitrogen functional groups attached to an aromatic ring is 1. The molecular weight excluding hydrogens is 460 g/mol. The Hall–Kier alpha value is -3.44. The Balaban J connectivity index is 1.41. The average Bonchev–Trinajstić information content (AvgIpc) is 3.51. The zero-order valence-corrected chi connectivity index (χ0v) is 18.0. The minimum atomic E-state index is -2.83. The van der Waals surface area contributed by atoms with E-state index < -0.39 is 12.3 Å². The van der Waals surface area contributed by atoms with Gasteiger partial charge in [0.25, 0.3) is 5.89 Å². The molecule has 162 valence electrons. The van der Waals surface area contributed by atoms with Crippen LogP contribution < -0.4 is 5.73 Å². The molecule has 1 unspecified atom stereocenters. The fourth-order valence-electron chi connectivity index (χ4n) is 3.28. The highest BCUT2D eigenvalue weighted by Crippen LogP contribution is 2.32. The van der Waals surface area contributed by atoms with E-state index in [0.29, 0.717) is 21.4 Å². The number of rotatable bonds is 5. The molecule has 0 amide bonds. The van der Waals surface area contributed by atoms with Crippen molar-refractivity contribution in [3.8, 4) is 22.7 Å². The zero-order valence-electron chi connectivity index (χ0n) is 16.4. The standard InChI is InChI=1S/C20H14ClF2N7OS/c1-9(12-4-2-11(6-13(12)21)18-27-28-19(31-18)17(22)23)30-8-15(26-29-30)10-3-5-14-16(7-10)32-20(24)25-14/h2-9,17H,1H3,(H2,24,25). The summed E-state index contributed by atoms with van der Waals surface area (Å²) in [6.07, 6.45) is -1.01. The highest BCUT2D eigenvalue weighted by Gasteiger charge is 2.19. The summed E-state index contributed by atoms with van der Waals surface area (Å²) in [5.74, 6) is -0.758. The molecule has 0 aliphatic carbocycles. The van der Waals surface area contributed by atoms with Crippen molar-refractivity contribution in [3.05, 3.63) is 59.1 Å². The van der Waals surface area contributed by atoms with Gasteiger partial charge in [-0.05, 0) is 36.8 Å². The van der Waals surface area contributed by atoms with Crippen LogP contribution in [0.25, 0.3) is 32.9 Å². The van der Waals surface area contributed by atoms with Gasteiger partial charge in [0.1, 0.15) is 5.69 Å². The SMILES string of the molecule is CC(c1ccc(-c2nnc(C(F)F)o2)cc1Cl)n1cc(-c2ccc3nc(N)sc3c2)nn1. The van der Waals surface area contributed by atoms with Crippen molar-refractivity contribution in [2.75, 3.05) is 5.73 Å². The van der Waals surface area contributed by atoms with Gasteiger partial charge in [-0.15, -0.1) is 15.3 Å². The highest BCUT2D eigenvalue weighted by atomic mass is 35.5. The van der Waals surface area contributed by atoms with Gasteiger partial charge in [0.15, 0.2) is 5.13 Å². The van der Waals surface area contributed by atoms with Crippen molar-refractivity contribution in [3.63, 3.8) is 0 Å². The monoisotopic (exact) mass is 473 g/mol. The molecule has 0 saturated heterocycles. The molecular formula is C20H14ClF2N7OS. The second-order valence-corrected chi connectivity index (χ2v) is 8.45. The second kappa shape index (κ2) is 7.92. The van der Waals surface area contributed by atoms with Crippen molar-refractivity contribution < 1.29 is 13.2 Å². The van der Waals surface area contributed by atoms with Crippen LogP contribution in [0, 0.1) is 0 Å². The van der Waals surface area contributed by atoms with Crippen LogP contribution in [0.4, 0.5) is 13.9 Å². The average molecular weight is 474 g/mol. The number of hydrogen-bond acceptors (Lipinski definition) is 8. The molecule has 32 heavy (non-hydrogen) atoms. The van der Waals surface area contributed by atoms with Gasteiger partial charge in [0, 0.05) is 16.1 Å². The highest BCUT2D eigenvalue weighted by molar-refractivity contribution is 7.22. The summed E-state index contributed by atoms with van der Waals surface area (Å²) >= 11 is 7.88. The van der Waals surface area contributed by atoms with Crippen molar-refractivity contribution in [1.29, 1.82) is 0 Å². The summed E-state index contributed by atoms with van der Waals surface area (Å²) in [5.41, 5.74) is 9.43. The summed E-state index contributed by atoms with van der Waals surface area (Å²) in [6.45, 7) is 1.92. The van der Waals surface area contributed by atoms with Crippen LogP contribution in [0.2, 0.25) is 5.02 Å². The lowest BCUT2D eigenvalue weighted by molar-refractivity contribution is 0.116. The number of fused-ring (bicyclic) bond motifs is 1. The minimum Gasteiger partial charge on any atom is -0.415 e. The number of nitrogens with zero attached hydrogens (tertiary/aromatic N) is 6. The number of anilines is 1. The first-order chi connectivity index (χ1) is 15.4. The van der Waals surface area contributed by atoms with Gasteiger partial charge in [-0.2, -0.15) is 8.78 Å². The molecule has 0 fully saturated rings. The Bertz CT molecular complexity index is 1430. The van der Waals surface area contributed by atoms with E-state index in [1.54, 1.807) is 22.9 Å². The molecule has 1 atom stereocenters. The zero-order chi connectivity index (χ0) is 22.4. The Morgan fingerprint density at radius 1 is 1.09 bits per heavy atom. The molecule has 0 radical (unpaired) electrons. The first-order valence-corrected chi connectivity index (χ1v) is 10.6. The second-order valence-electron chi connectivity index (χ2n) is 6.98. The molecule has 12 heteroatoms. The number of aromatic nitrogens is 6. The van der Waals surface area contributed by atoms with Gasteiger partial charge < -0.3 is 10.2 Å². The Morgan fingerprint density at radius 3 is 2.66 bits per heavy atom. The number of alkyl halides is 2. The largest absolute Gasteiger partial charge is 0.415 e. The van der Waals surface area contributed by atoms with Gasteiger partial charge in [-0.1, -0.05) is 40.3 Å². The van der Waals surface area contributed by atoms with Gasteiger partial charge in [-0.25, -0.2) is 9.67 Å². The summed E-state index contributed by atoms with van der Waals surface area (Å²) in [5, 5.41) is 16.4. The van der Waals surface area contributed by atoms with Crippen molar-refractivity contribution in [1.82, 2.24) is 30.2 Å². The van der Waals surface area contributed by atoms with E-state index in [1.165, 1.54) is 11.3 Å². The predicted molar refractivity (Wildman–Crippen MR) is 117 cm³/mol. The summed E-state index contributed by atoms with van der Waals surface area (Å²) < 4.78 is 33.0. The summed E-state index contributed by atoms with van der Waals surface area (Å²) in [7, 11) is 0. The van der Waals surface area contributed by atoms with Crippen molar-refractivity contribution in [2.24, 2.45) is 0 Å². The number of nitrogens with two attached hydrogens (primary N) is 1. The van der Waals surface area contributed by atoms with Crippen LogP contribution in [0.1, 0.15) is 30.8 Å². The van der Waals surface area contributed by atoms with Crippen molar-refractivity contribution >= 4 is 38.3 Å². The maximum Gasteiger partial charge on any atom is 0.314 e. The van der Waals surface area contributed by atoms with E-state index >= 15 is 0 Å². The third-order valence-electron chi connectivity index (χ3n) is 4.93. The molecule has 0 aliphatic heterocycles. The third-order valence-corrected chi connectivity index (χ3v) is 6.11. The number of hydrogen-bond donors (Lipinski definition) is 1. The molecule has 8 nitrogen and oxygen atoms in total. The Kier molecular flexibility index (Phi) is 5.06. The minimum absolute atomic E-state index is 0.0245. The fourth-order valence-corrected chi connectivity index (χ4v) is 4.39. The van der Waals surface area contributed by atoms with E-state index in [2.05, 4.69) is 25.5 Å². The van der Waals surface area contributed by atoms with E-state index in [0.717, 1.165) is 21.3 Å². The Morgan fingerprint density at radius 2 is 1.91 bits per heavy atom. The molecule has 0 spiro atoms. The van der Waals surface area contributed by atoms with Crippen LogP contribution in [-0.4, -0.2) is 30.2 Å². The lowest BCUT2D eigenvalue weighted by Crippen LogP contribution is -2.08. The fraction of sp³-hybridized carbons (Fsp3) is 0.150. The smallest absolute Gasteiger partial charge is 0.314 e. The first kappa shape index (κ1) is 20.5. The maximum atomic E-state index is 12.7. The Labute approximate surface area is 188 Å². The molecule has 5 aromatic rings. The summed E-state index contributed by atoms with van der Waals surface area (Å²) in [6, 6.07) is 10.6. The van der Waals surface area contributed by atoms with Gasteiger partial charge in [0.2, 0.25) is 5.89 Å². The molecule has 3 heterocycles.